The fourth-order valence-corrected chi connectivity index (χ4v) is 2.67. The highest BCUT2D eigenvalue weighted by atomic mass is 15.0. The zero-order valence-corrected chi connectivity index (χ0v) is 11.3. The van der Waals surface area contributed by atoms with Crippen molar-refractivity contribution in [1.29, 1.82) is 0 Å². The Hall–Kier alpha value is -1.32. The predicted octanol–water partition coefficient (Wildman–Crippen LogP) is 3.00. The van der Waals surface area contributed by atoms with Crippen LogP contribution >= 0.6 is 0 Å². The summed E-state index contributed by atoms with van der Waals surface area (Å²) in [5.74, 6) is 3.20. The number of aromatic nitrogens is 2. The van der Waals surface area contributed by atoms with Crippen LogP contribution < -0.4 is 11.1 Å². The molecule has 1 aliphatic rings. The quantitative estimate of drug-likeness (QED) is 0.760. The van der Waals surface area contributed by atoms with E-state index in [1.54, 1.807) is 0 Å². The molecule has 1 aliphatic carbocycles. The number of aryl methyl sites for hydroxylation is 1. The van der Waals surface area contributed by atoms with E-state index in [0.717, 1.165) is 30.5 Å². The topological polar surface area (TPSA) is 63.8 Å². The Morgan fingerprint density at radius 3 is 2.83 bits per heavy atom. The molecule has 0 unspecified atom stereocenters. The SMILES string of the molecule is CCc1nc(N)cc(NCCCC2CCCC2)n1. The van der Waals surface area contributed by atoms with E-state index < -0.39 is 0 Å². The van der Waals surface area contributed by atoms with Crippen LogP contribution in [0.3, 0.4) is 0 Å². The van der Waals surface area contributed by atoms with Crippen LogP contribution in [-0.2, 0) is 6.42 Å². The lowest BCUT2D eigenvalue weighted by molar-refractivity contribution is 0.491. The largest absolute Gasteiger partial charge is 0.384 e. The van der Waals surface area contributed by atoms with Crippen LogP contribution in [0.25, 0.3) is 0 Å². The van der Waals surface area contributed by atoms with Crippen LogP contribution in [0.4, 0.5) is 11.6 Å². The number of anilines is 2. The summed E-state index contributed by atoms with van der Waals surface area (Å²) >= 11 is 0. The minimum absolute atomic E-state index is 0.556. The zero-order chi connectivity index (χ0) is 12.8. The van der Waals surface area contributed by atoms with E-state index in [1.807, 2.05) is 13.0 Å². The van der Waals surface area contributed by atoms with Gasteiger partial charge < -0.3 is 11.1 Å². The van der Waals surface area contributed by atoms with Gasteiger partial charge in [0.1, 0.15) is 17.5 Å². The Labute approximate surface area is 109 Å². The number of hydrogen-bond acceptors (Lipinski definition) is 4. The maximum absolute atomic E-state index is 5.75. The zero-order valence-electron chi connectivity index (χ0n) is 11.3. The Morgan fingerprint density at radius 1 is 1.33 bits per heavy atom. The predicted molar refractivity (Wildman–Crippen MR) is 75.5 cm³/mol. The molecule has 18 heavy (non-hydrogen) atoms. The van der Waals surface area contributed by atoms with Gasteiger partial charge in [0.25, 0.3) is 0 Å². The summed E-state index contributed by atoms with van der Waals surface area (Å²) in [4.78, 5) is 8.59. The minimum atomic E-state index is 0.556. The van der Waals surface area contributed by atoms with Gasteiger partial charge in [0.15, 0.2) is 0 Å². The first-order valence-corrected chi connectivity index (χ1v) is 7.15. The summed E-state index contributed by atoms with van der Waals surface area (Å²) < 4.78 is 0. The molecule has 100 valence electrons. The van der Waals surface area contributed by atoms with Crippen LogP contribution in [0.5, 0.6) is 0 Å². The molecule has 0 aromatic carbocycles. The van der Waals surface area contributed by atoms with Crippen molar-refractivity contribution in [2.75, 3.05) is 17.6 Å². The Morgan fingerprint density at radius 2 is 2.11 bits per heavy atom. The van der Waals surface area contributed by atoms with Gasteiger partial charge in [-0.1, -0.05) is 32.6 Å². The second-order valence-corrected chi connectivity index (χ2v) is 5.17. The fraction of sp³-hybridized carbons (Fsp3) is 0.714. The lowest BCUT2D eigenvalue weighted by Crippen LogP contribution is -2.08. The summed E-state index contributed by atoms with van der Waals surface area (Å²) in [5, 5.41) is 3.35. The molecule has 0 atom stereocenters. The standard InChI is InChI=1S/C14H24N4/c1-2-13-17-12(15)10-14(18-13)16-9-5-8-11-6-3-4-7-11/h10-11H,2-9H2,1H3,(H3,15,16,17,18). The average molecular weight is 248 g/mol. The van der Waals surface area contributed by atoms with Crippen molar-refractivity contribution in [1.82, 2.24) is 9.97 Å². The number of nitrogen functional groups attached to an aromatic ring is 1. The Balaban J connectivity index is 1.73. The lowest BCUT2D eigenvalue weighted by atomic mass is 10.0. The monoisotopic (exact) mass is 248 g/mol. The number of rotatable bonds is 6. The molecule has 0 aliphatic heterocycles. The van der Waals surface area contributed by atoms with Crippen molar-refractivity contribution < 1.29 is 0 Å². The third kappa shape index (κ3) is 3.86. The van der Waals surface area contributed by atoms with Gasteiger partial charge in [0.2, 0.25) is 0 Å². The van der Waals surface area contributed by atoms with Crippen LogP contribution in [0.1, 0.15) is 51.3 Å². The van der Waals surface area contributed by atoms with Crippen molar-refractivity contribution in [3.63, 3.8) is 0 Å². The number of nitrogens with zero attached hydrogens (tertiary/aromatic N) is 2. The molecule has 0 saturated heterocycles. The molecule has 1 aromatic heterocycles. The van der Waals surface area contributed by atoms with E-state index in [9.17, 15) is 0 Å². The summed E-state index contributed by atoms with van der Waals surface area (Å²) in [6, 6.07) is 1.81. The van der Waals surface area contributed by atoms with E-state index in [4.69, 9.17) is 5.73 Å². The third-order valence-corrected chi connectivity index (χ3v) is 3.68. The van der Waals surface area contributed by atoms with Crippen molar-refractivity contribution in [2.45, 2.75) is 51.9 Å². The number of nitrogens with two attached hydrogens (primary N) is 1. The highest BCUT2D eigenvalue weighted by Gasteiger charge is 2.13. The van der Waals surface area contributed by atoms with Gasteiger partial charge in [-0.15, -0.1) is 0 Å². The molecule has 1 heterocycles. The van der Waals surface area contributed by atoms with E-state index in [2.05, 4.69) is 15.3 Å². The molecule has 0 bridgehead atoms. The van der Waals surface area contributed by atoms with E-state index in [1.165, 1.54) is 38.5 Å². The van der Waals surface area contributed by atoms with Crippen LogP contribution in [0, 0.1) is 5.92 Å². The molecule has 0 spiro atoms. The minimum Gasteiger partial charge on any atom is -0.384 e. The van der Waals surface area contributed by atoms with Crippen molar-refractivity contribution in [3.05, 3.63) is 11.9 Å². The molecule has 1 aromatic rings. The molecule has 1 saturated carbocycles. The first kappa shape index (κ1) is 13.1. The van der Waals surface area contributed by atoms with Crippen molar-refractivity contribution >= 4 is 11.6 Å². The van der Waals surface area contributed by atoms with Crippen molar-refractivity contribution in [3.8, 4) is 0 Å². The summed E-state index contributed by atoms with van der Waals surface area (Å²) in [6.45, 7) is 3.02. The van der Waals surface area contributed by atoms with E-state index in [-0.39, 0.29) is 0 Å². The Kier molecular flexibility index (Phi) is 4.79. The third-order valence-electron chi connectivity index (χ3n) is 3.68. The maximum atomic E-state index is 5.75. The smallest absolute Gasteiger partial charge is 0.132 e. The van der Waals surface area contributed by atoms with E-state index in [0.29, 0.717) is 5.82 Å². The second-order valence-electron chi connectivity index (χ2n) is 5.17. The molecular formula is C14H24N4. The number of nitrogens with one attached hydrogen (secondary N) is 1. The molecule has 2 rings (SSSR count). The normalized spacial score (nSPS) is 16.1. The summed E-state index contributed by atoms with van der Waals surface area (Å²) in [5.41, 5.74) is 5.75. The van der Waals surface area contributed by atoms with Gasteiger partial charge in [0, 0.05) is 19.0 Å². The highest BCUT2D eigenvalue weighted by Crippen LogP contribution is 2.28. The molecule has 0 amide bonds. The van der Waals surface area contributed by atoms with Gasteiger partial charge in [-0.05, 0) is 18.8 Å². The molecule has 4 heteroatoms. The number of hydrogen-bond donors (Lipinski definition) is 2. The molecule has 0 radical (unpaired) electrons. The van der Waals surface area contributed by atoms with Crippen molar-refractivity contribution in [2.24, 2.45) is 5.92 Å². The summed E-state index contributed by atoms with van der Waals surface area (Å²) in [7, 11) is 0. The average Bonchev–Trinajstić information content (AvgIpc) is 2.87. The Bertz CT molecular complexity index is 372. The molecule has 3 N–H and O–H groups in total. The fourth-order valence-electron chi connectivity index (χ4n) is 2.67. The maximum Gasteiger partial charge on any atom is 0.132 e. The van der Waals surface area contributed by atoms with E-state index >= 15 is 0 Å². The van der Waals surface area contributed by atoms with Crippen LogP contribution in [0.2, 0.25) is 0 Å². The van der Waals surface area contributed by atoms with Gasteiger partial charge >= 0.3 is 0 Å². The van der Waals surface area contributed by atoms with Gasteiger partial charge in [-0.2, -0.15) is 0 Å². The van der Waals surface area contributed by atoms with Crippen LogP contribution in [0.15, 0.2) is 6.07 Å². The molecular weight excluding hydrogens is 224 g/mol. The van der Waals surface area contributed by atoms with Gasteiger partial charge in [-0.3, -0.25) is 0 Å². The highest BCUT2D eigenvalue weighted by molar-refractivity contribution is 5.44. The molecule has 1 fully saturated rings. The second kappa shape index (κ2) is 6.57. The van der Waals surface area contributed by atoms with Gasteiger partial charge in [-0.25, -0.2) is 9.97 Å². The van der Waals surface area contributed by atoms with Gasteiger partial charge in [0.05, 0.1) is 0 Å². The van der Waals surface area contributed by atoms with Crippen LogP contribution in [-0.4, -0.2) is 16.5 Å². The molecule has 4 nitrogen and oxygen atoms in total. The first-order chi connectivity index (χ1) is 8.78. The lowest BCUT2D eigenvalue weighted by Gasteiger charge is -2.10. The summed E-state index contributed by atoms with van der Waals surface area (Å²) in [6.07, 6.45) is 9.10. The first-order valence-electron chi connectivity index (χ1n) is 7.15.